The lowest BCUT2D eigenvalue weighted by Crippen LogP contribution is -1.89. The van der Waals surface area contributed by atoms with E-state index in [2.05, 4.69) is 97.1 Å². The summed E-state index contributed by atoms with van der Waals surface area (Å²) in [5.74, 6) is 0. The Morgan fingerprint density at radius 3 is 0.966 bits per heavy atom. The molecule has 0 unspecified atom stereocenters. The average molecular weight is 379 g/mol. The Morgan fingerprint density at radius 2 is 0.655 bits per heavy atom. The lowest BCUT2D eigenvalue weighted by molar-refractivity contribution is 0.960. The minimum atomic E-state index is 0. The molecule has 0 saturated heterocycles. The molecule has 0 fully saturated rings. The Hall–Kier alpha value is -3.38. The van der Waals surface area contributed by atoms with E-state index in [4.69, 9.17) is 0 Å². The minimum Gasteiger partial charge on any atom is -0.0776 e. The lowest BCUT2D eigenvalue weighted by atomic mass is 10.0. The van der Waals surface area contributed by atoms with Crippen molar-refractivity contribution in [1.82, 2.24) is 0 Å². The quantitative estimate of drug-likeness (QED) is 0.309. The summed E-state index contributed by atoms with van der Waals surface area (Å²) in [7, 11) is 0. The van der Waals surface area contributed by atoms with Crippen LogP contribution < -0.4 is 0 Å². The number of aryl methyl sites for hydroxylation is 2. The lowest BCUT2D eigenvalue weighted by Gasteiger charge is -2.01. The zero-order valence-corrected chi connectivity index (χ0v) is 16.1. The molecule has 29 heavy (non-hydrogen) atoms. The minimum absolute atomic E-state index is 0. The second kappa shape index (κ2) is 12.9. The highest BCUT2D eigenvalue weighted by atomic mass is 14.0. The molecule has 0 aliphatic heterocycles. The number of benzene rings is 4. The Balaban J connectivity index is 0.000000200. The first kappa shape index (κ1) is 21.9. The smallest absolute Gasteiger partial charge is 0.0238 e. The SMILES string of the molecule is C.C(=C\c1ccccc1)/c1ccccc1.c1ccc(CCc2ccccc2)cc1. The maximum absolute atomic E-state index is 2.18. The van der Waals surface area contributed by atoms with Gasteiger partial charge in [-0.1, -0.05) is 141 Å². The monoisotopic (exact) mass is 378 g/mol. The van der Waals surface area contributed by atoms with Crippen molar-refractivity contribution in [1.29, 1.82) is 0 Å². The Morgan fingerprint density at radius 1 is 0.379 bits per heavy atom. The standard InChI is InChI=1S/C14H14.C14H12.CH4/c2*1-3-7-13(8-4-1)11-12-14-9-5-2-6-10-14;/h1-10H,11-12H2;1-12H;1H4/b;12-11+;. The number of hydrogen-bond donors (Lipinski definition) is 0. The van der Waals surface area contributed by atoms with Gasteiger partial charge in [-0.05, 0) is 35.1 Å². The molecule has 0 radical (unpaired) electrons. The summed E-state index contributed by atoms with van der Waals surface area (Å²) in [4.78, 5) is 0. The van der Waals surface area contributed by atoms with Gasteiger partial charge in [-0.2, -0.15) is 0 Å². The molecule has 0 heterocycles. The molecule has 0 amide bonds. The predicted octanol–water partition coefficient (Wildman–Crippen LogP) is 7.96. The summed E-state index contributed by atoms with van der Waals surface area (Å²) >= 11 is 0. The molecule has 4 aromatic rings. The fraction of sp³-hybridized carbons (Fsp3) is 0.103. The third-order valence-electron chi connectivity index (χ3n) is 4.46. The van der Waals surface area contributed by atoms with E-state index < -0.39 is 0 Å². The van der Waals surface area contributed by atoms with Crippen LogP contribution in [0, 0.1) is 0 Å². The van der Waals surface area contributed by atoms with E-state index in [0.717, 1.165) is 12.8 Å². The Labute approximate surface area is 176 Å². The molecule has 0 heteroatoms. The van der Waals surface area contributed by atoms with Gasteiger partial charge in [0.1, 0.15) is 0 Å². The molecule has 0 aliphatic rings. The van der Waals surface area contributed by atoms with E-state index in [1.54, 1.807) is 0 Å². The maximum atomic E-state index is 2.18. The fourth-order valence-electron chi connectivity index (χ4n) is 2.90. The summed E-state index contributed by atoms with van der Waals surface area (Å²) in [5.41, 5.74) is 5.29. The Bertz CT molecular complexity index is 843. The van der Waals surface area contributed by atoms with E-state index in [-0.39, 0.29) is 7.43 Å². The van der Waals surface area contributed by atoms with Gasteiger partial charge in [-0.15, -0.1) is 0 Å². The van der Waals surface area contributed by atoms with Gasteiger partial charge in [-0.25, -0.2) is 0 Å². The van der Waals surface area contributed by atoms with E-state index in [1.807, 2.05) is 36.4 Å². The van der Waals surface area contributed by atoms with Gasteiger partial charge in [-0.3, -0.25) is 0 Å². The summed E-state index contributed by atoms with van der Waals surface area (Å²) in [5, 5.41) is 0. The van der Waals surface area contributed by atoms with Crippen molar-refractivity contribution < 1.29 is 0 Å². The van der Waals surface area contributed by atoms with Crippen molar-refractivity contribution in [2.45, 2.75) is 20.3 Å². The van der Waals surface area contributed by atoms with Crippen LogP contribution in [0.15, 0.2) is 121 Å². The maximum Gasteiger partial charge on any atom is -0.0238 e. The topological polar surface area (TPSA) is 0 Å². The highest BCUT2D eigenvalue weighted by Crippen LogP contribution is 2.07. The van der Waals surface area contributed by atoms with Crippen LogP contribution in [0.25, 0.3) is 12.2 Å². The molecule has 0 saturated carbocycles. The molecular formula is C29H30. The normalized spacial score (nSPS) is 9.93. The second-order valence-corrected chi connectivity index (χ2v) is 6.63. The van der Waals surface area contributed by atoms with Gasteiger partial charge in [0.15, 0.2) is 0 Å². The first-order valence-electron chi connectivity index (χ1n) is 9.76. The molecule has 4 aromatic carbocycles. The predicted molar refractivity (Wildman–Crippen MR) is 129 cm³/mol. The summed E-state index contributed by atoms with van der Waals surface area (Å²) in [6, 6.07) is 41.9. The van der Waals surface area contributed by atoms with Gasteiger partial charge in [0.05, 0.1) is 0 Å². The molecule has 0 N–H and O–H groups in total. The van der Waals surface area contributed by atoms with Crippen molar-refractivity contribution in [2.75, 3.05) is 0 Å². The van der Waals surface area contributed by atoms with E-state index in [9.17, 15) is 0 Å². The van der Waals surface area contributed by atoms with Crippen molar-refractivity contribution in [2.24, 2.45) is 0 Å². The molecule has 0 nitrogen and oxygen atoms in total. The number of rotatable bonds is 5. The van der Waals surface area contributed by atoms with Crippen LogP contribution in [0.3, 0.4) is 0 Å². The zero-order valence-electron chi connectivity index (χ0n) is 16.1. The average Bonchev–Trinajstić information content (AvgIpc) is 2.80. The van der Waals surface area contributed by atoms with Crippen LogP contribution in [0.5, 0.6) is 0 Å². The van der Waals surface area contributed by atoms with Crippen LogP contribution in [-0.2, 0) is 12.8 Å². The van der Waals surface area contributed by atoms with Crippen LogP contribution in [0.1, 0.15) is 29.7 Å². The first-order valence-corrected chi connectivity index (χ1v) is 9.76. The molecule has 0 aliphatic carbocycles. The van der Waals surface area contributed by atoms with Crippen LogP contribution in [0.4, 0.5) is 0 Å². The molecule has 0 aromatic heterocycles. The highest BCUT2D eigenvalue weighted by molar-refractivity contribution is 5.69. The van der Waals surface area contributed by atoms with Crippen molar-refractivity contribution in [3.8, 4) is 0 Å². The van der Waals surface area contributed by atoms with Gasteiger partial charge in [0.25, 0.3) is 0 Å². The zero-order chi connectivity index (χ0) is 19.3. The molecule has 0 bridgehead atoms. The first-order chi connectivity index (χ1) is 13.9. The summed E-state index contributed by atoms with van der Waals surface area (Å²) < 4.78 is 0. The molecule has 4 rings (SSSR count). The van der Waals surface area contributed by atoms with E-state index in [1.165, 1.54) is 22.3 Å². The van der Waals surface area contributed by atoms with Gasteiger partial charge >= 0.3 is 0 Å². The summed E-state index contributed by atoms with van der Waals surface area (Å²) in [6.07, 6.45) is 6.50. The van der Waals surface area contributed by atoms with Crippen molar-refractivity contribution in [3.63, 3.8) is 0 Å². The van der Waals surface area contributed by atoms with Crippen LogP contribution >= 0.6 is 0 Å². The molecule has 0 atom stereocenters. The summed E-state index contributed by atoms with van der Waals surface area (Å²) in [6.45, 7) is 0. The second-order valence-electron chi connectivity index (χ2n) is 6.63. The molecular weight excluding hydrogens is 348 g/mol. The van der Waals surface area contributed by atoms with Crippen LogP contribution in [0.2, 0.25) is 0 Å². The largest absolute Gasteiger partial charge is 0.0776 e. The third kappa shape index (κ3) is 8.45. The van der Waals surface area contributed by atoms with Gasteiger partial charge in [0.2, 0.25) is 0 Å². The molecule has 146 valence electrons. The van der Waals surface area contributed by atoms with E-state index in [0.29, 0.717) is 0 Å². The fourth-order valence-corrected chi connectivity index (χ4v) is 2.90. The number of hydrogen-bond acceptors (Lipinski definition) is 0. The highest BCUT2D eigenvalue weighted by Gasteiger charge is 1.93. The van der Waals surface area contributed by atoms with Gasteiger partial charge in [0, 0.05) is 0 Å². The third-order valence-corrected chi connectivity index (χ3v) is 4.46. The van der Waals surface area contributed by atoms with E-state index >= 15 is 0 Å². The molecule has 0 spiro atoms. The van der Waals surface area contributed by atoms with Crippen molar-refractivity contribution >= 4 is 12.2 Å². The van der Waals surface area contributed by atoms with Crippen molar-refractivity contribution in [3.05, 3.63) is 144 Å². The van der Waals surface area contributed by atoms with Crippen LogP contribution in [-0.4, -0.2) is 0 Å². The Kier molecular flexibility index (Phi) is 9.75. The van der Waals surface area contributed by atoms with Gasteiger partial charge < -0.3 is 0 Å².